The third-order valence-corrected chi connectivity index (χ3v) is 4.13. The molecule has 0 bridgehead atoms. The molecule has 1 aliphatic rings. The summed E-state index contributed by atoms with van der Waals surface area (Å²) in [6.45, 7) is 14.8. The third-order valence-electron chi connectivity index (χ3n) is 4.13. The highest BCUT2D eigenvalue weighted by molar-refractivity contribution is 5.37. The molecule has 0 aromatic carbocycles. The van der Waals surface area contributed by atoms with Gasteiger partial charge in [0.15, 0.2) is 0 Å². The Labute approximate surface area is 128 Å². The van der Waals surface area contributed by atoms with Gasteiger partial charge in [0.25, 0.3) is 0 Å². The van der Waals surface area contributed by atoms with Crippen molar-refractivity contribution in [2.24, 2.45) is 0 Å². The van der Waals surface area contributed by atoms with Crippen LogP contribution < -0.4 is 10.2 Å². The molecule has 0 amide bonds. The van der Waals surface area contributed by atoms with Crippen LogP contribution >= 0.6 is 0 Å². The number of piperazine rings is 1. The summed E-state index contributed by atoms with van der Waals surface area (Å²) >= 11 is 0. The van der Waals surface area contributed by atoms with Gasteiger partial charge in [0.1, 0.15) is 5.82 Å². The fourth-order valence-corrected chi connectivity index (χ4v) is 2.39. The summed E-state index contributed by atoms with van der Waals surface area (Å²) in [5.74, 6) is 0.982. The Morgan fingerprint density at radius 2 is 1.90 bits per heavy atom. The zero-order chi connectivity index (χ0) is 15.7. The van der Waals surface area contributed by atoms with E-state index in [0.29, 0.717) is 0 Å². The summed E-state index contributed by atoms with van der Waals surface area (Å²) in [5, 5.41) is 3.43. The maximum absolute atomic E-state index is 4.60. The summed E-state index contributed by atoms with van der Waals surface area (Å²) in [4.78, 5) is 13.9. The van der Waals surface area contributed by atoms with Crippen molar-refractivity contribution in [3.05, 3.63) is 18.1 Å². The summed E-state index contributed by atoms with van der Waals surface area (Å²) in [6.07, 6.45) is 3.79. The molecule has 1 aromatic rings. The highest BCUT2D eigenvalue weighted by Gasteiger charge is 2.31. The highest BCUT2D eigenvalue weighted by Crippen LogP contribution is 2.22. The van der Waals surface area contributed by atoms with Gasteiger partial charge in [0.05, 0.1) is 18.1 Å². The van der Waals surface area contributed by atoms with Crippen molar-refractivity contribution >= 4 is 5.82 Å². The number of anilines is 1. The van der Waals surface area contributed by atoms with E-state index in [4.69, 9.17) is 0 Å². The molecule has 0 spiro atoms. The van der Waals surface area contributed by atoms with Crippen molar-refractivity contribution in [3.8, 4) is 0 Å². The second-order valence-corrected chi connectivity index (χ2v) is 7.63. The van der Waals surface area contributed by atoms with Gasteiger partial charge in [0, 0.05) is 37.3 Å². The first-order chi connectivity index (χ1) is 9.67. The lowest BCUT2D eigenvalue weighted by Gasteiger charge is -2.45. The number of aromatic nitrogens is 2. The predicted molar refractivity (Wildman–Crippen MR) is 87.5 cm³/mol. The molecule has 21 heavy (non-hydrogen) atoms. The summed E-state index contributed by atoms with van der Waals surface area (Å²) in [6, 6.07) is 0. The molecule has 5 heteroatoms. The fourth-order valence-electron chi connectivity index (χ4n) is 2.39. The largest absolute Gasteiger partial charge is 0.352 e. The quantitative estimate of drug-likeness (QED) is 0.921. The normalized spacial score (nSPS) is 19.8. The molecule has 0 radical (unpaired) electrons. The van der Waals surface area contributed by atoms with Gasteiger partial charge in [-0.15, -0.1) is 0 Å². The van der Waals surface area contributed by atoms with E-state index >= 15 is 0 Å². The van der Waals surface area contributed by atoms with Crippen molar-refractivity contribution in [2.45, 2.75) is 52.2 Å². The monoisotopic (exact) mass is 291 g/mol. The Bertz CT molecular complexity index is 461. The van der Waals surface area contributed by atoms with Crippen molar-refractivity contribution in [2.75, 3.05) is 31.6 Å². The Balaban J connectivity index is 1.99. The van der Waals surface area contributed by atoms with Crippen LogP contribution in [0.25, 0.3) is 0 Å². The molecule has 2 heterocycles. The van der Waals surface area contributed by atoms with Gasteiger partial charge in [-0.3, -0.25) is 9.88 Å². The standard InChI is InChI=1S/C16H29N5/c1-15(2,3)19-10-13-9-18-14(11-17-13)21-8-7-20(6)16(4,5)12-21/h9,11,19H,7-8,10,12H2,1-6H3. The molecule has 1 aliphatic heterocycles. The minimum absolute atomic E-state index is 0.0990. The van der Waals surface area contributed by atoms with Gasteiger partial charge in [-0.05, 0) is 41.7 Å². The van der Waals surface area contributed by atoms with E-state index in [1.165, 1.54) is 0 Å². The Hall–Kier alpha value is -1.20. The first-order valence-electron chi connectivity index (χ1n) is 7.69. The zero-order valence-corrected chi connectivity index (χ0v) is 14.3. The molecule has 1 N–H and O–H groups in total. The fraction of sp³-hybridized carbons (Fsp3) is 0.750. The van der Waals surface area contributed by atoms with Crippen molar-refractivity contribution < 1.29 is 0 Å². The third kappa shape index (κ3) is 4.38. The van der Waals surface area contributed by atoms with Gasteiger partial charge >= 0.3 is 0 Å². The molecule has 1 fully saturated rings. The van der Waals surface area contributed by atoms with Gasteiger partial charge in [-0.25, -0.2) is 4.98 Å². The molecule has 0 atom stereocenters. The Kier molecular flexibility index (Phi) is 4.54. The van der Waals surface area contributed by atoms with E-state index in [2.05, 4.69) is 66.8 Å². The van der Waals surface area contributed by atoms with Crippen molar-refractivity contribution in [1.82, 2.24) is 20.2 Å². The topological polar surface area (TPSA) is 44.3 Å². The van der Waals surface area contributed by atoms with Crippen LogP contribution in [0.15, 0.2) is 12.4 Å². The van der Waals surface area contributed by atoms with Crippen LogP contribution in [0.1, 0.15) is 40.3 Å². The van der Waals surface area contributed by atoms with E-state index in [1.54, 1.807) is 0 Å². The van der Waals surface area contributed by atoms with Crippen molar-refractivity contribution in [1.29, 1.82) is 0 Å². The smallest absolute Gasteiger partial charge is 0.147 e. The minimum atomic E-state index is 0.0990. The van der Waals surface area contributed by atoms with Gasteiger partial charge < -0.3 is 10.2 Å². The molecule has 118 valence electrons. The van der Waals surface area contributed by atoms with E-state index < -0.39 is 0 Å². The average Bonchev–Trinajstić information content (AvgIpc) is 2.39. The Morgan fingerprint density at radius 3 is 2.43 bits per heavy atom. The maximum atomic E-state index is 4.60. The summed E-state index contributed by atoms with van der Waals surface area (Å²) in [7, 11) is 2.18. The molecule has 0 saturated carbocycles. The zero-order valence-electron chi connectivity index (χ0n) is 14.3. The van der Waals surface area contributed by atoms with Gasteiger partial charge in [-0.2, -0.15) is 0 Å². The maximum Gasteiger partial charge on any atom is 0.147 e. The summed E-state index contributed by atoms with van der Waals surface area (Å²) < 4.78 is 0. The average molecular weight is 291 g/mol. The van der Waals surface area contributed by atoms with E-state index in [1.807, 2.05) is 12.4 Å². The van der Waals surface area contributed by atoms with Gasteiger partial charge in [-0.1, -0.05) is 0 Å². The number of nitrogens with zero attached hydrogens (tertiary/aromatic N) is 4. The number of hydrogen-bond acceptors (Lipinski definition) is 5. The lowest BCUT2D eigenvalue weighted by molar-refractivity contribution is 0.138. The first-order valence-corrected chi connectivity index (χ1v) is 7.69. The van der Waals surface area contributed by atoms with E-state index in [-0.39, 0.29) is 11.1 Å². The molecule has 1 saturated heterocycles. The molecule has 5 nitrogen and oxygen atoms in total. The van der Waals surface area contributed by atoms with Crippen LogP contribution in [0.3, 0.4) is 0 Å². The van der Waals surface area contributed by atoms with Crippen LogP contribution in [0.2, 0.25) is 0 Å². The van der Waals surface area contributed by atoms with Crippen LogP contribution in [-0.4, -0.2) is 52.6 Å². The SMILES string of the molecule is CN1CCN(c2cnc(CNC(C)(C)C)cn2)CC1(C)C. The van der Waals surface area contributed by atoms with E-state index in [9.17, 15) is 0 Å². The first kappa shape index (κ1) is 16.2. The molecular weight excluding hydrogens is 262 g/mol. The van der Waals surface area contributed by atoms with Gasteiger partial charge in [0.2, 0.25) is 0 Å². The molecule has 2 rings (SSSR count). The lowest BCUT2D eigenvalue weighted by atomic mass is 10.00. The molecule has 1 aromatic heterocycles. The van der Waals surface area contributed by atoms with E-state index in [0.717, 1.165) is 37.7 Å². The lowest BCUT2D eigenvalue weighted by Crippen LogP contribution is -2.57. The minimum Gasteiger partial charge on any atom is -0.352 e. The predicted octanol–water partition coefficient (Wildman–Crippen LogP) is 1.90. The highest BCUT2D eigenvalue weighted by atomic mass is 15.3. The molecule has 0 aliphatic carbocycles. The second-order valence-electron chi connectivity index (χ2n) is 7.63. The molecular formula is C16H29N5. The van der Waals surface area contributed by atoms with Crippen LogP contribution in [0, 0.1) is 0 Å². The van der Waals surface area contributed by atoms with Crippen LogP contribution in [0.5, 0.6) is 0 Å². The number of nitrogens with one attached hydrogen (secondary N) is 1. The Morgan fingerprint density at radius 1 is 1.19 bits per heavy atom. The number of rotatable bonds is 3. The van der Waals surface area contributed by atoms with Crippen molar-refractivity contribution in [3.63, 3.8) is 0 Å². The van der Waals surface area contributed by atoms with Crippen LogP contribution in [0.4, 0.5) is 5.82 Å². The number of likely N-dealkylation sites (N-methyl/N-ethyl adjacent to an activating group) is 1. The van der Waals surface area contributed by atoms with Crippen LogP contribution in [-0.2, 0) is 6.54 Å². The summed E-state index contributed by atoms with van der Waals surface area (Å²) in [5.41, 5.74) is 1.26. The second kappa shape index (κ2) is 5.89. The number of hydrogen-bond donors (Lipinski definition) is 1. The molecule has 0 unspecified atom stereocenters.